The second kappa shape index (κ2) is 9.78. The van der Waals surface area contributed by atoms with Crippen LogP contribution in [0.25, 0.3) is 0 Å². The van der Waals surface area contributed by atoms with E-state index in [-0.39, 0.29) is 0 Å². The van der Waals surface area contributed by atoms with E-state index in [2.05, 4.69) is 20.8 Å². The van der Waals surface area contributed by atoms with Crippen LogP contribution in [0.4, 0.5) is 0 Å². The summed E-state index contributed by atoms with van der Waals surface area (Å²) in [5.41, 5.74) is 0. The molecular weight excluding hydrogens is 195 g/mol. The van der Waals surface area contributed by atoms with E-state index < -0.39 is 0 Å². The number of hydrogen-bond acceptors (Lipinski definition) is 1. The molecule has 0 spiro atoms. The van der Waals surface area contributed by atoms with Crippen molar-refractivity contribution in [3.05, 3.63) is 6.92 Å². The van der Waals surface area contributed by atoms with Gasteiger partial charge in [-0.2, -0.15) is 0 Å². The van der Waals surface area contributed by atoms with Gasteiger partial charge in [0.15, 0.2) is 0 Å². The molecule has 0 heterocycles. The zero-order chi connectivity index (χ0) is 6.28. The summed E-state index contributed by atoms with van der Waals surface area (Å²) in [6.07, 6.45) is 1.06. The van der Waals surface area contributed by atoms with Gasteiger partial charge in [0, 0.05) is 0 Å². The molecule has 0 aliphatic rings. The average Bonchev–Trinajstić information content (AvgIpc) is 1.73. The summed E-state index contributed by atoms with van der Waals surface area (Å²) >= 11 is 0.300. The van der Waals surface area contributed by atoms with Gasteiger partial charge in [-0.15, -0.1) is 0 Å². The van der Waals surface area contributed by atoms with Gasteiger partial charge in [-0.25, -0.2) is 0 Å². The van der Waals surface area contributed by atoms with Crippen LogP contribution in [0.2, 0.25) is 0 Å². The molecule has 0 unspecified atom stereocenters. The Morgan fingerprint density at radius 1 is 1.57 bits per heavy atom. The molecule has 0 N–H and O–H groups in total. The summed E-state index contributed by atoms with van der Waals surface area (Å²) in [6.45, 7) is 8.00. The fourth-order valence-corrected chi connectivity index (χ4v) is 0. The minimum absolute atomic E-state index is 0.300. The average molecular weight is 206 g/mol. The molecule has 0 aromatic rings. The number of rotatable bonds is 1. The van der Waals surface area contributed by atoms with Crippen LogP contribution in [0, 0.1) is 12.8 Å². The zero-order valence-electron chi connectivity index (χ0n) is 4.90. The van der Waals surface area contributed by atoms with Crippen molar-refractivity contribution < 1.29 is 3.08 Å². The Kier molecular flexibility index (Phi) is 14.7. The number of hydrogen-bond donors (Lipinski definition) is 0. The third-order valence-electron chi connectivity index (χ3n) is 0.577. The van der Waals surface area contributed by atoms with Crippen LogP contribution < -0.4 is 0 Å². The van der Waals surface area contributed by atoms with Crippen molar-refractivity contribution in [2.75, 3.05) is 0 Å². The molecule has 0 rings (SSSR count). The Balaban J connectivity index is 0. The van der Waals surface area contributed by atoms with E-state index in [1.165, 1.54) is 0 Å². The second-order valence-electron chi connectivity index (χ2n) is 1.68. The normalized spacial score (nSPS) is 7.43. The summed E-state index contributed by atoms with van der Waals surface area (Å²) in [5.74, 6) is 0.773. The molecule has 41 valence electrons. The molecule has 1 nitrogen and oxygen atoms in total. The zero-order valence-corrected chi connectivity index (χ0v) is 7.75. The summed E-state index contributed by atoms with van der Waals surface area (Å²) in [6, 6.07) is 0. The van der Waals surface area contributed by atoms with Crippen LogP contribution in [0.3, 0.4) is 0 Å². The van der Waals surface area contributed by atoms with E-state index >= 15 is 0 Å². The van der Waals surface area contributed by atoms with E-state index in [1.54, 1.807) is 0 Å². The van der Waals surface area contributed by atoms with Crippen molar-refractivity contribution in [2.45, 2.75) is 20.3 Å². The topological polar surface area (TPSA) is 17.1 Å². The van der Waals surface area contributed by atoms with Gasteiger partial charge in [0.2, 0.25) is 0 Å². The first kappa shape index (κ1) is 10.6. The van der Waals surface area contributed by atoms with Crippen molar-refractivity contribution >= 4 is 22.5 Å². The predicted octanol–water partition coefficient (Wildman–Crippen LogP) is 1.37. The first-order valence-corrected chi connectivity index (χ1v) is 3.43. The minimum atomic E-state index is 0.300. The van der Waals surface area contributed by atoms with Crippen LogP contribution in [-0.2, 0) is 3.08 Å². The molecule has 0 saturated heterocycles. The molecule has 2 heteroatoms. The van der Waals surface area contributed by atoms with Crippen LogP contribution in [0.1, 0.15) is 20.3 Å². The van der Waals surface area contributed by atoms with E-state index in [9.17, 15) is 0 Å². The molecule has 0 bridgehead atoms. The van der Waals surface area contributed by atoms with E-state index in [4.69, 9.17) is 3.08 Å². The van der Waals surface area contributed by atoms with Crippen molar-refractivity contribution in [3.8, 4) is 0 Å². The van der Waals surface area contributed by atoms with Gasteiger partial charge >= 0.3 is 25.6 Å². The fourth-order valence-electron chi connectivity index (χ4n) is 0. The Labute approximate surface area is 59.0 Å². The molecule has 7 heavy (non-hydrogen) atoms. The monoisotopic (exact) mass is 207 g/mol. The Morgan fingerprint density at radius 2 is 1.71 bits per heavy atom. The summed E-state index contributed by atoms with van der Waals surface area (Å²) in [5, 5.41) is 0. The Morgan fingerprint density at radius 3 is 1.71 bits per heavy atom. The second-order valence-corrected chi connectivity index (χ2v) is 1.68. The molecule has 3 radical (unpaired) electrons. The van der Waals surface area contributed by atoms with Crippen LogP contribution in [0.5, 0.6) is 0 Å². The summed E-state index contributed by atoms with van der Waals surface area (Å²) in [7, 11) is 0. The molecule has 0 aliphatic heterocycles. The SMILES string of the molecule is [CH2]CC(C)C.[O]=[Sn]. The van der Waals surface area contributed by atoms with Gasteiger partial charge in [-0.05, 0) is 5.92 Å². The molecule has 0 amide bonds. The van der Waals surface area contributed by atoms with Crippen LogP contribution in [0.15, 0.2) is 0 Å². The predicted molar refractivity (Wildman–Crippen MR) is 31.3 cm³/mol. The van der Waals surface area contributed by atoms with Crippen molar-refractivity contribution in [3.63, 3.8) is 0 Å². The van der Waals surface area contributed by atoms with E-state index in [0.29, 0.717) is 22.5 Å². The molecule has 0 saturated carbocycles. The van der Waals surface area contributed by atoms with Gasteiger partial charge < -0.3 is 0 Å². The molecular formula is C5H11OSn. The van der Waals surface area contributed by atoms with Crippen molar-refractivity contribution in [1.29, 1.82) is 0 Å². The third-order valence-corrected chi connectivity index (χ3v) is 0.577. The molecule has 0 aliphatic carbocycles. The standard InChI is InChI=1S/C5H11.O.Sn/c1-4-5(2)3;;/h5H,1,4H2,2-3H3;;. The molecule has 0 aromatic carbocycles. The Bertz CT molecular complexity index is 29.3. The maximum atomic E-state index is 8.34. The Hall–Kier alpha value is 0.599. The van der Waals surface area contributed by atoms with Crippen LogP contribution >= 0.6 is 0 Å². The van der Waals surface area contributed by atoms with E-state index in [1.807, 2.05) is 0 Å². The quantitative estimate of drug-likeness (QED) is 0.592. The molecule has 0 fully saturated rings. The van der Waals surface area contributed by atoms with Crippen LogP contribution in [-0.4, -0.2) is 22.5 Å². The molecule has 0 atom stereocenters. The van der Waals surface area contributed by atoms with Gasteiger partial charge in [0.05, 0.1) is 0 Å². The first-order valence-electron chi connectivity index (χ1n) is 2.27. The first-order chi connectivity index (χ1) is 3.27. The van der Waals surface area contributed by atoms with Gasteiger partial charge in [-0.3, -0.25) is 0 Å². The maximum absolute atomic E-state index is 8.34. The summed E-state index contributed by atoms with van der Waals surface area (Å²) in [4.78, 5) is 0. The third kappa shape index (κ3) is 20.7. The van der Waals surface area contributed by atoms with Crippen molar-refractivity contribution in [2.24, 2.45) is 5.92 Å². The fraction of sp³-hybridized carbons (Fsp3) is 0.800. The van der Waals surface area contributed by atoms with E-state index in [0.717, 1.165) is 12.3 Å². The van der Waals surface area contributed by atoms with Gasteiger partial charge in [0.1, 0.15) is 0 Å². The molecule has 0 aromatic heterocycles. The van der Waals surface area contributed by atoms with Crippen molar-refractivity contribution in [1.82, 2.24) is 0 Å². The van der Waals surface area contributed by atoms with Gasteiger partial charge in [0.25, 0.3) is 0 Å². The summed E-state index contributed by atoms with van der Waals surface area (Å²) < 4.78 is 8.34. The van der Waals surface area contributed by atoms with Gasteiger partial charge in [-0.1, -0.05) is 27.2 Å².